The Balaban J connectivity index is 3.05. The molecule has 3 nitrogen and oxygen atoms in total. The average molecular weight is 181 g/mol. The topological polar surface area (TPSA) is 41.5 Å². The Kier molecular flexibility index (Phi) is 3.14. The lowest BCUT2D eigenvalue weighted by Crippen LogP contribution is -2.01. The predicted molar refractivity (Wildman–Crippen MR) is 53.2 cm³/mol. The third-order valence-corrected chi connectivity index (χ3v) is 1.95. The van der Waals surface area contributed by atoms with Gasteiger partial charge in [-0.05, 0) is 37.1 Å². The lowest BCUT2D eigenvalue weighted by atomic mass is 10.1. The van der Waals surface area contributed by atoms with Gasteiger partial charge in [0.2, 0.25) is 0 Å². The molecule has 0 fully saturated rings. The molecule has 0 aliphatic carbocycles. The number of ether oxygens (including phenoxy) is 1. The Morgan fingerprint density at radius 3 is 2.23 bits per heavy atom. The maximum Gasteiger partial charge on any atom is 0.124 e. The number of anilines is 1. The zero-order valence-electron chi connectivity index (χ0n) is 8.22. The van der Waals surface area contributed by atoms with E-state index in [0.29, 0.717) is 0 Å². The monoisotopic (exact) mass is 181 g/mol. The smallest absolute Gasteiger partial charge is 0.124 e. The van der Waals surface area contributed by atoms with Crippen molar-refractivity contribution in [1.29, 1.82) is 0 Å². The molecule has 3 heteroatoms. The van der Waals surface area contributed by atoms with Crippen molar-refractivity contribution in [3.8, 4) is 5.75 Å². The summed E-state index contributed by atoms with van der Waals surface area (Å²) in [5, 5.41) is 11.5. The van der Waals surface area contributed by atoms with Crippen LogP contribution in [0.3, 0.4) is 0 Å². The minimum atomic E-state index is -0.0504. The molecule has 13 heavy (non-hydrogen) atoms. The lowest BCUT2D eigenvalue weighted by molar-refractivity contribution is 0.325. The first-order valence-electron chi connectivity index (χ1n) is 4.19. The van der Waals surface area contributed by atoms with Crippen molar-refractivity contribution < 1.29 is 9.84 Å². The van der Waals surface area contributed by atoms with E-state index in [0.717, 1.165) is 22.6 Å². The zero-order chi connectivity index (χ0) is 9.84. The second kappa shape index (κ2) is 4.14. The maximum absolute atomic E-state index is 8.69. The van der Waals surface area contributed by atoms with Crippen molar-refractivity contribution in [3.63, 3.8) is 0 Å². The number of hydrogen-bond acceptors (Lipinski definition) is 3. The van der Waals surface area contributed by atoms with E-state index in [2.05, 4.69) is 5.32 Å². The molecule has 1 aromatic rings. The summed E-state index contributed by atoms with van der Waals surface area (Å²) in [5.74, 6) is 0.906. The molecule has 0 amide bonds. The van der Waals surface area contributed by atoms with E-state index in [4.69, 9.17) is 9.84 Å². The summed E-state index contributed by atoms with van der Waals surface area (Å²) < 4.78 is 5.22. The van der Waals surface area contributed by atoms with E-state index in [-0.39, 0.29) is 6.73 Å². The minimum absolute atomic E-state index is 0.0504. The fraction of sp³-hybridized carbons (Fsp3) is 0.400. The van der Waals surface area contributed by atoms with Gasteiger partial charge in [-0.25, -0.2) is 0 Å². The van der Waals surface area contributed by atoms with Crippen LogP contribution in [0.4, 0.5) is 5.69 Å². The van der Waals surface area contributed by atoms with Gasteiger partial charge in [-0.15, -0.1) is 0 Å². The Hall–Kier alpha value is -1.22. The van der Waals surface area contributed by atoms with Crippen molar-refractivity contribution in [3.05, 3.63) is 23.3 Å². The first kappa shape index (κ1) is 9.86. The van der Waals surface area contributed by atoms with E-state index in [9.17, 15) is 0 Å². The average Bonchev–Trinajstić information content (AvgIpc) is 2.04. The highest BCUT2D eigenvalue weighted by molar-refractivity contribution is 5.54. The Bertz CT molecular complexity index is 274. The van der Waals surface area contributed by atoms with Crippen molar-refractivity contribution in [2.75, 3.05) is 19.2 Å². The molecule has 0 aliphatic rings. The van der Waals surface area contributed by atoms with E-state index in [1.807, 2.05) is 26.0 Å². The third-order valence-electron chi connectivity index (χ3n) is 1.95. The van der Waals surface area contributed by atoms with Gasteiger partial charge in [-0.3, -0.25) is 0 Å². The molecule has 0 atom stereocenters. The summed E-state index contributed by atoms with van der Waals surface area (Å²) in [4.78, 5) is 0. The molecule has 0 saturated carbocycles. The number of aliphatic hydroxyl groups is 1. The fourth-order valence-corrected chi connectivity index (χ4v) is 1.47. The molecule has 72 valence electrons. The van der Waals surface area contributed by atoms with Crippen LogP contribution >= 0.6 is 0 Å². The first-order chi connectivity index (χ1) is 6.19. The molecule has 0 radical (unpaired) electrons. The molecule has 0 saturated heterocycles. The van der Waals surface area contributed by atoms with Gasteiger partial charge in [-0.1, -0.05) is 0 Å². The van der Waals surface area contributed by atoms with Gasteiger partial charge in [0, 0.05) is 5.69 Å². The van der Waals surface area contributed by atoms with Crippen LogP contribution in [0.1, 0.15) is 11.1 Å². The maximum atomic E-state index is 8.69. The van der Waals surface area contributed by atoms with Crippen molar-refractivity contribution >= 4 is 5.69 Å². The van der Waals surface area contributed by atoms with Crippen molar-refractivity contribution in [2.45, 2.75) is 13.8 Å². The van der Waals surface area contributed by atoms with Gasteiger partial charge in [0.05, 0.1) is 7.11 Å². The predicted octanol–water partition coefficient (Wildman–Crippen LogP) is 1.67. The number of methoxy groups -OCH3 is 1. The van der Waals surface area contributed by atoms with Crippen LogP contribution in [0.5, 0.6) is 5.75 Å². The van der Waals surface area contributed by atoms with Crippen LogP contribution in [0, 0.1) is 13.8 Å². The largest absolute Gasteiger partial charge is 0.496 e. The molecule has 0 bridgehead atoms. The highest BCUT2D eigenvalue weighted by Gasteiger charge is 2.03. The second-order valence-corrected chi connectivity index (χ2v) is 2.98. The summed E-state index contributed by atoms with van der Waals surface area (Å²) in [6.45, 7) is 3.91. The summed E-state index contributed by atoms with van der Waals surface area (Å²) in [7, 11) is 1.66. The molecule has 2 N–H and O–H groups in total. The molecule has 0 unspecified atom stereocenters. The SMILES string of the molecule is COc1c(C)cc(NCO)cc1C. The third kappa shape index (κ3) is 2.12. The molecular formula is C10H15NO2. The summed E-state index contributed by atoms with van der Waals surface area (Å²) >= 11 is 0. The quantitative estimate of drug-likeness (QED) is 0.697. The van der Waals surface area contributed by atoms with Gasteiger partial charge < -0.3 is 15.2 Å². The normalized spacial score (nSPS) is 9.85. The Labute approximate surface area is 78.3 Å². The molecule has 0 aliphatic heterocycles. The highest BCUT2D eigenvalue weighted by atomic mass is 16.5. The number of rotatable bonds is 3. The second-order valence-electron chi connectivity index (χ2n) is 2.98. The van der Waals surface area contributed by atoms with E-state index < -0.39 is 0 Å². The van der Waals surface area contributed by atoms with Crippen LogP contribution in [0.15, 0.2) is 12.1 Å². The number of benzene rings is 1. The van der Waals surface area contributed by atoms with Crippen LogP contribution in [-0.2, 0) is 0 Å². The number of nitrogens with one attached hydrogen (secondary N) is 1. The number of aliphatic hydroxyl groups excluding tert-OH is 1. The number of aryl methyl sites for hydroxylation is 2. The van der Waals surface area contributed by atoms with Gasteiger partial charge >= 0.3 is 0 Å². The lowest BCUT2D eigenvalue weighted by Gasteiger charge is -2.11. The van der Waals surface area contributed by atoms with Crippen molar-refractivity contribution in [2.24, 2.45) is 0 Å². The summed E-state index contributed by atoms with van der Waals surface area (Å²) in [5.41, 5.74) is 3.05. The molecule has 1 aromatic carbocycles. The van der Waals surface area contributed by atoms with E-state index >= 15 is 0 Å². The van der Waals surface area contributed by atoms with Crippen LogP contribution in [0.2, 0.25) is 0 Å². The van der Waals surface area contributed by atoms with Crippen LogP contribution in [-0.4, -0.2) is 18.9 Å². The molecule has 0 spiro atoms. The molecule has 1 rings (SSSR count). The van der Waals surface area contributed by atoms with Gasteiger partial charge in [0.1, 0.15) is 12.5 Å². The standard InChI is InChI=1S/C10H15NO2/c1-7-4-9(11-6-12)5-8(2)10(7)13-3/h4-5,11-12H,6H2,1-3H3. The summed E-state index contributed by atoms with van der Waals surface area (Å²) in [6.07, 6.45) is 0. The number of hydrogen-bond donors (Lipinski definition) is 2. The Morgan fingerprint density at radius 1 is 1.31 bits per heavy atom. The zero-order valence-corrected chi connectivity index (χ0v) is 8.22. The van der Waals surface area contributed by atoms with Crippen molar-refractivity contribution in [1.82, 2.24) is 0 Å². The molecule has 0 heterocycles. The van der Waals surface area contributed by atoms with E-state index in [1.165, 1.54) is 0 Å². The fourth-order valence-electron chi connectivity index (χ4n) is 1.47. The summed E-state index contributed by atoms with van der Waals surface area (Å²) in [6, 6.07) is 3.89. The van der Waals surface area contributed by atoms with Gasteiger partial charge in [-0.2, -0.15) is 0 Å². The van der Waals surface area contributed by atoms with Gasteiger partial charge in [0.15, 0.2) is 0 Å². The molecular weight excluding hydrogens is 166 g/mol. The minimum Gasteiger partial charge on any atom is -0.496 e. The van der Waals surface area contributed by atoms with Crippen LogP contribution in [0.25, 0.3) is 0 Å². The van der Waals surface area contributed by atoms with Gasteiger partial charge in [0.25, 0.3) is 0 Å². The highest BCUT2D eigenvalue weighted by Crippen LogP contribution is 2.26. The van der Waals surface area contributed by atoms with Crippen LogP contribution < -0.4 is 10.1 Å². The Morgan fingerprint density at radius 2 is 1.85 bits per heavy atom. The molecule has 0 aromatic heterocycles. The first-order valence-corrected chi connectivity index (χ1v) is 4.19. The van der Waals surface area contributed by atoms with E-state index in [1.54, 1.807) is 7.11 Å².